The number of hydrogen-bond donors (Lipinski definition) is 2. The van der Waals surface area contributed by atoms with Crippen LogP contribution in [0.1, 0.15) is 60.6 Å². The minimum absolute atomic E-state index is 0.00547. The second-order valence-electron chi connectivity index (χ2n) is 10.2. The number of halogens is 2. The summed E-state index contributed by atoms with van der Waals surface area (Å²) >= 11 is 6.01. The van der Waals surface area contributed by atoms with E-state index in [9.17, 15) is 24.2 Å². The normalized spacial score (nSPS) is 15.2. The van der Waals surface area contributed by atoms with Gasteiger partial charge in [0, 0.05) is 30.6 Å². The van der Waals surface area contributed by atoms with Crippen LogP contribution >= 0.6 is 11.6 Å². The Kier molecular flexibility index (Phi) is 9.07. The Morgan fingerprint density at radius 2 is 1.89 bits per heavy atom. The van der Waals surface area contributed by atoms with Gasteiger partial charge in [0.15, 0.2) is 0 Å². The van der Waals surface area contributed by atoms with Crippen LogP contribution in [0.4, 0.5) is 4.39 Å². The van der Waals surface area contributed by atoms with Crippen LogP contribution in [0.3, 0.4) is 0 Å². The molecular weight excluding hydrogens is 511 g/mol. The molecule has 38 heavy (non-hydrogen) atoms. The fraction of sp³-hybridized carbons (Fsp3) is 0.448. The van der Waals surface area contributed by atoms with E-state index in [2.05, 4.69) is 4.90 Å². The van der Waals surface area contributed by atoms with Gasteiger partial charge in [0.05, 0.1) is 23.2 Å². The first kappa shape index (κ1) is 28.1. The number of fused-ring (bicyclic) bond motifs is 1. The van der Waals surface area contributed by atoms with Crippen molar-refractivity contribution < 1.29 is 24.1 Å². The third-order valence-corrected chi connectivity index (χ3v) is 7.58. The molecule has 0 spiro atoms. The van der Waals surface area contributed by atoms with E-state index >= 15 is 0 Å². The van der Waals surface area contributed by atoms with Gasteiger partial charge in [-0.15, -0.1) is 0 Å². The van der Waals surface area contributed by atoms with Crippen LogP contribution in [0.2, 0.25) is 5.02 Å². The first-order valence-corrected chi connectivity index (χ1v) is 13.4. The summed E-state index contributed by atoms with van der Waals surface area (Å²) in [7, 11) is 0. The molecule has 1 aromatic heterocycles. The molecule has 1 saturated heterocycles. The summed E-state index contributed by atoms with van der Waals surface area (Å²) in [6.45, 7) is 6.77. The van der Waals surface area contributed by atoms with Crippen LogP contribution in [0.25, 0.3) is 10.9 Å². The number of aliphatic hydroxyl groups is 1. The van der Waals surface area contributed by atoms with Crippen molar-refractivity contribution >= 4 is 28.5 Å². The maximum absolute atomic E-state index is 14.8. The van der Waals surface area contributed by atoms with Crippen LogP contribution in [-0.4, -0.2) is 58.5 Å². The van der Waals surface area contributed by atoms with E-state index in [0.29, 0.717) is 29.0 Å². The van der Waals surface area contributed by atoms with Crippen molar-refractivity contribution in [3.05, 3.63) is 74.3 Å². The van der Waals surface area contributed by atoms with Gasteiger partial charge in [-0.1, -0.05) is 44.0 Å². The average molecular weight is 545 g/mol. The van der Waals surface area contributed by atoms with Crippen molar-refractivity contribution in [3.63, 3.8) is 0 Å². The largest absolute Gasteiger partial charge is 0.492 e. The molecule has 9 heteroatoms. The summed E-state index contributed by atoms with van der Waals surface area (Å²) in [5.74, 6) is -1.47. The molecule has 1 fully saturated rings. The minimum Gasteiger partial charge on any atom is -0.492 e. The molecule has 1 aliphatic heterocycles. The van der Waals surface area contributed by atoms with E-state index in [4.69, 9.17) is 16.3 Å². The van der Waals surface area contributed by atoms with Gasteiger partial charge in [-0.2, -0.15) is 0 Å². The molecule has 4 rings (SSSR count). The maximum atomic E-state index is 14.8. The maximum Gasteiger partial charge on any atom is 0.341 e. The lowest BCUT2D eigenvalue weighted by Gasteiger charge is -2.27. The molecule has 0 unspecified atom stereocenters. The second-order valence-corrected chi connectivity index (χ2v) is 10.6. The highest BCUT2D eigenvalue weighted by Gasteiger charge is 2.23. The molecule has 0 aliphatic carbocycles. The van der Waals surface area contributed by atoms with Crippen molar-refractivity contribution in [2.45, 2.75) is 45.6 Å². The van der Waals surface area contributed by atoms with Crippen LogP contribution in [0.15, 0.2) is 41.3 Å². The number of rotatable bonds is 10. The summed E-state index contributed by atoms with van der Waals surface area (Å²) in [5.41, 5.74) is 0.305. The minimum atomic E-state index is -1.35. The molecule has 0 bridgehead atoms. The molecule has 0 saturated carbocycles. The summed E-state index contributed by atoms with van der Waals surface area (Å²) in [4.78, 5) is 27.6. The predicted octanol–water partition coefficient (Wildman–Crippen LogP) is 5.14. The molecule has 204 valence electrons. The summed E-state index contributed by atoms with van der Waals surface area (Å²) in [5, 5.41) is 20.0. The number of aromatic nitrogens is 1. The van der Waals surface area contributed by atoms with Gasteiger partial charge in [0.25, 0.3) is 0 Å². The van der Waals surface area contributed by atoms with Gasteiger partial charge in [-0.25, -0.2) is 9.18 Å². The van der Waals surface area contributed by atoms with Gasteiger partial charge in [-0.3, -0.25) is 9.69 Å². The molecule has 1 aliphatic rings. The van der Waals surface area contributed by atoms with E-state index < -0.39 is 28.8 Å². The Balaban J connectivity index is 1.85. The Hall–Kier alpha value is -2.94. The van der Waals surface area contributed by atoms with Gasteiger partial charge in [-0.05, 0) is 55.1 Å². The number of piperidine rings is 1. The highest BCUT2D eigenvalue weighted by Crippen LogP contribution is 2.32. The van der Waals surface area contributed by atoms with E-state index in [0.717, 1.165) is 32.5 Å². The fourth-order valence-corrected chi connectivity index (χ4v) is 5.29. The zero-order valence-electron chi connectivity index (χ0n) is 21.8. The van der Waals surface area contributed by atoms with E-state index in [1.54, 1.807) is 28.8 Å². The van der Waals surface area contributed by atoms with Crippen molar-refractivity contribution in [1.82, 2.24) is 9.47 Å². The molecule has 3 aromatic rings. The molecule has 0 radical (unpaired) electrons. The Morgan fingerprint density at radius 1 is 1.16 bits per heavy atom. The summed E-state index contributed by atoms with van der Waals surface area (Å²) < 4.78 is 22.7. The summed E-state index contributed by atoms with van der Waals surface area (Å²) in [6.07, 6.45) is 4.94. The molecule has 2 aromatic carbocycles. The highest BCUT2D eigenvalue weighted by molar-refractivity contribution is 6.30. The smallest absolute Gasteiger partial charge is 0.341 e. The van der Waals surface area contributed by atoms with Gasteiger partial charge in [0.2, 0.25) is 5.43 Å². The number of likely N-dealkylation sites (tertiary alicyclic amines) is 1. The van der Waals surface area contributed by atoms with Crippen molar-refractivity contribution in [2.24, 2.45) is 5.92 Å². The predicted molar refractivity (Wildman–Crippen MR) is 146 cm³/mol. The average Bonchev–Trinajstić information content (AvgIpc) is 2.89. The molecule has 2 heterocycles. The van der Waals surface area contributed by atoms with E-state index in [1.807, 2.05) is 13.8 Å². The lowest BCUT2D eigenvalue weighted by molar-refractivity contribution is 0.0694. The lowest BCUT2D eigenvalue weighted by Crippen LogP contribution is -2.33. The third kappa shape index (κ3) is 6.03. The number of benzene rings is 2. The molecule has 1 atom stereocenters. The molecule has 2 N–H and O–H groups in total. The number of nitrogens with zero attached hydrogens (tertiary/aromatic N) is 2. The van der Waals surface area contributed by atoms with Crippen LogP contribution < -0.4 is 10.2 Å². The number of ether oxygens (including phenoxy) is 1. The fourth-order valence-electron chi connectivity index (χ4n) is 5.10. The van der Waals surface area contributed by atoms with Gasteiger partial charge in [0.1, 0.15) is 23.7 Å². The molecule has 7 nitrogen and oxygen atoms in total. The number of aliphatic hydroxyl groups excluding tert-OH is 1. The Bertz CT molecular complexity index is 1370. The lowest BCUT2D eigenvalue weighted by atomic mass is 9.98. The van der Waals surface area contributed by atoms with Crippen molar-refractivity contribution in [2.75, 3.05) is 32.8 Å². The quantitative estimate of drug-likeness (QED) is 0.367. The standard InChI is InChI=1S/C29H34ClFN2O5/c1-18(2)25(17-34)33-16-22(29(36)37)28(35)21-14-20(13-19-7-6-8-23(30)27(19)31)26(15-24(21)33)38-12-11-32-9-4-3-5-10-32/h6-8,14-16,18,25,34H,3-5,9-13,17H2,1-2H3,(H,36,37)/t25-/m1/s1. The molecule has 0 amide bonds. The topological polar surface area (TPSA) is 92.0 Å². The number of carbonyl (C=O) groups is 1. The number of aromatic carboxylic acids is 1. The zero-order chi connectivity index (χ0) is 27.4. The third-order valence-electron chi connectivity index (χ3n) is 7.28. The monoisotopic (exact) mass is 544 g/mol. The van der Waals surface area contributed by atoms with E-state index in [-0.39, 0.29) is 29.4 Å². The number of carboxylic acids is 1. The second kappa shape index (κ2) is 12.3. The number of pyridine rings is 1. The highest BCUT2D eigenvalue weighted by atomic mass is 35.5. The Morgan fingerprint density at radius 3 is 2.55 bits per heavy atom. The van der Waals surface area contributed by atoms with E-state index in [1.165, 1.54) is 18.7 Å². The first-order chi connectivity index (χ1) is 18.2. The van der Waals surface area contributed by atoms with Crippen molar-refractivity contribution in [1.29, 1.82) is 0 Å². The van der Waals surface area contributed by atoms with Gasteiger partial charge < -0.3 is 19.5 Å². The SMILES string of the molecule is CC(C)[C@@H](CO)n1cc(C(=O)O)c(=O)c2cc(Cc3cccc(Cl)c3F)c(OCCN3CCCCC3)cc21. The molecular formula is C29H34ClFN2O5. The van der Waals surface area contributed by atoms with Crippen LogP contribution in [0, 0.1) is 11.7 Å². The van der Waals surface area contributed by atoms with Gasteiger partial charge >= 0.3 is 5.97 Å². The number of hydrogen-bond acceptors (Lipinski definition) is 5. The Labute approximate surface area is 226 Å². The zero-order valence-corrected chi connectivity index (χ0v) is 22.5. The van der Waals surface area contributed by atoms with Crippen LogP contribution in [-0.2, 0) is 6.42 Å². The van der Waals surface area contributed by atoms with Crippen molar-refractivity contribution in [3.8, 4) is 5.75 Å². The first-order valence-electron chi connectivity index (χ1n) is 13.0. The number of carboxylic acid groups (broad SMARTS) is 1. The van der Waals surface area contributed by atoms with Crippen LogP contribution in [0.5, 0.6) is 5.75 Å². The summed E-state index contributed by atoms with van der Waals surface area (Å²) in [6, 6.07) is 7.58.